The Labute approximate surface area is 96.6 Å². The molecule has 0 unspecified atom stereocenters. The van der Waals surface area contributed by atoms with E-state index >= 15 is 0 Å². The first-order valence-corrected chi connectivity index (χ1v) is 5.69. The number of carbonyl (C=O) groups excluding carboxylic acids is 1. The van der Waals surface area contributed by atoms with Crippen LogP contribution in [0.3, 0.4) is 0 Å². The summed E-state index contributed by atoms with van der Waals surface area (Å²) in [6, 6.07) is 11.0. The van der Waals surface area contributed by atoms with Crippen molar-refractivity contribution >= 4 is 5.91 Å². The molecule has 2 nitrogen and oxygen atoms in total. The van der Waals surface area contributed by atoms with Crippen molar-refractivity contribution < 1.29 is 4.79 Å². The molecule has 1 amide bonds. The van der Waals surface area contributed by atoms with E-state index in [1.54, 1.807) is 6.92 Å². The van der Waals surface area contributed by atoms with Gasteiger partial charge in [-0.1, -0.05) is 36.4 Å². The van der Waals surface area contributed by atoms with Gasteiger partial charge in [-0.2, -0.15) is 0 Å². The lowest BCUT2D eigenvalue weighted by Crippen LogP contribution is -2.09. The Morgan fingerprint density at radius 1 is 1.44 bits per heavy atom. The van der Waals surface area contributed by atoms with E-state index in [9.17, 15) is 4.79 Å². The molecule has 2 rings (SSSR count). The average molecular weight is 215 g/mol. The van der Waals surface area contributed by atoms with Gasteiger partial charge in [0, 0.05) is 6.92 Å². The smallest absolute Gasteiger partial charge is 0.220 e. The van der Waals surface area contributed by atoms with Gasteiger partial charge in [-0.25, -0.2) is 0 Å². The van der Waals surface area contributed by atoms with Crippen molar-refractivity contribution in [2.75, 3.05) is 0 Å². The normalized spacial score (nSPS) is 22.9. The summed E-state index contributed by atoms with van der Waals surface area (Å²) in [5.74, 6) is 0.156. The summed E-state index contributed by atoms with van der Waals surface area (Å²) in [5, 5.41) is 0. The molecular weight excluding hydrogens is 198 g/mol. The first-order valence-electron chi connectivity index (χ1n) is 5.69. The third-order valence-corrected chi connectivity index (χ3v) is 3.16. The molecule has 1 heterocycles. The van der Waals surface area contributed by atoms with Crippen molar-refractivity contribution in [1.29, 1.82) is 0 Å². The number of nitrogens with zero attached hydrogens (tertiary/aromatic N) is 1. The topological polar surface area (TPSA) is 20.1 Å². The second-order valence-corrected chi connectivity index (χ2v) is 4.24. The van der Waals surface area contributed by atoms with E-state index in [1.165, 1.54) is 5.56 Å². The Hall–Kier alpha value is -1.57. The molecule has 0 saturated carbocycles. The van der Waals surface area contributed by atoms with Gasteiger partial charge in [0.05, 0.1) is 12.1 Å². The van der Waals surface area contributed by atoms with Crippen LogP contribution in [0.5, 0.6) is 0 Å². The molecule has 0 bridgehead atoms. The molecule has 1 fully saturated rings. The number of hydrogen-bond acceptors (Lipinski definition) is 1. The Balaban J connectivity index is 1.88. The van der Waals surface area contributed by atoms with E-state index in [2.05, 4.69) is 30.8 Å². The van der Waals surface area contributed by atoms with Gasteiger partial charge in [-0.15, -0.1) is 6.58 Å². The first-order chi connectivity index (χ1) is 7.74. The molecule has 0 radical (unpaired) electrons. The number of aryl methyl sites for hydroxylation is 1. The minimum absolute atomic E-state index is 0.156. The fourth-order valence-electron chi connectivity index (χ4n) is 2.28. The summed E-state index contributed by atoms with van der Waals surface area (Å²) in [4.78, 5) is 13.2. The van der Waals surface area contributed by atoms with E-state index in [0.29, 0.717) is 6.04 Å². The lowest BCUT2D eigenvalue weighted by Gasteiger charge is -2.00. The molecule has 2 heteroatoms. The quantitative estimate of drug-likeness (QED) is 0.558. The van der Waals surface area contributed by atoms with Crippen LogP contribution in [0, 0.1) is 0 Å². The minimum atomic E-state index is 0.156. The number of amides is 1. The highest BCUT2D eigenvalue weighted by Gasteiger charge is 2.46. The van der Waals surface area contributed by atoms with Crippen molar-refractivity contribution in [3.63, 3.8) is 0 Å². The van der Waals surface area contributed by atoms with E-state index in [1.807, 2.05) is 17.0 Å². The fourth-order valence-corrected chi connectivity index (χ4v) is 2.28. The highest BCUT2D eigenvalue weighted by atomic mass is 16.2. The molecule has 1 aromatic carbocycles. The predicted molar refractivity (Wildman–Crippen MR) is 65.1 cm³/mol. The molecule has 0 aliphatic carbocycles. The van der Waals surface area contributed by atoms with E-state index in [4.69, 9.17) is 0 Å². The molecule has 16 heavy (non-hydrogen) atoms. The van der Waals surface area contributed by atoms with Crippen LogP contribution < -0.4 is 0 Å². The van der Waals surface area contributed by atoms with Gasteiger partial charge < -0.3 is 4.90 Å². The highest BCUT2D eigenvalue weighted by molar-refractivity contribution is 5.77. The van der Waals surface area contributed by atoms with Gasteiger partial charge in [0.1, 0.15) is 0 Å². The van der Waals surface area contributed by atoms with Crippen molar-refractivity contribution in [3.8, 4) is 0 Å². The third-order valence-electron chi connectivity index (χ3n) is 3.16. The van der Waals surface area contributed by atoms with Crippen LogP contribution in [0.25, 0.3) is 0 Å². The molecule has 1 saturated heterocycles. The number of hydrogen-bond donors (Lipinski definition) is 0. The van der Waals surface area contributed by atoms with Crippen LogP contribution >= 0.6 is 0 Å². The molecule has 0 aromatic heterocycles. The summed E-state index contributed by atoms with van der Waals surface area (Å²) in [7, 11) is 0. The van der Waals surface area contributed by atoms with Crippen LogP contribution in [0.4, 0.5) is 0 Å². The van der Waals surface area contributed by atoms with Gasteiger partial charge in [-0.3, -0.25) is 4.79 Å². The summed E-state index contributed by atoms with van der Waals surface area (Å²) in [5.41, 5.74) is 1.33. The minimum Gasteiger partial charge on any atom is -0.329 e. The SMILES string of the molecule is C=C[C@@H]1[C@H](CCc2ccccc2)N1C(C)=O. The van der Waals surface area contributed by atoms with Crippen LogP contribution in [-0.2, 0) is 11.2 Å². The summed E-state index contributed by atoms with van der Waals surface area (Å²) in [6.07, 6.45) is 3.93. The zero-order chi connectivity index (χ0) is 11.5. The van der Waals surface area contributed by atoms with Gasteiger partial charge >= 0.3 is 0 Å². The maximum absolute atomic E-state index is 11.3. The molecule has 0 spiro atoms. The monoisotopic (exact) mass is 215 g/mol. The molecule has 1 aliphatic heterocycles. The second-order valence-electron chi connectivity index (χ2n) is 4.24. The number of rotatable bonds is 4. The van der Waals surface area contributed by atoms with Gasteiger partial charge in [0.15, 0.2) is 0 Å². The molecular formula is C14H17NO. The van der Waals surface area contributed by atoms with E-state index in [0.717, 1.165) is 12.8 Å². The zero-order valence-corrected chi connectivity index (χ0v) is 9.60. The van der Waals surface area contributed by atoms with Crippen LogP contribution in [0.15, 0.2) is 43.0 Å². The van der Waals surface area contributed by atoms with Crippen molar-refractivity contribution in [2.24, 2.45) is 0 Å². The maximum Gasteiger partial charge on any atom is 0.220 e. The molecule has 1 aromatic rings. The Morgan fingerprint density at radius 3 is 2.62 bits per heavy atom. The molecule has 1 aliphatic rings. The van der Waals surface area contributed by atoms with Crippen molar-refractivity contribution in [2.45, 2.75) is 31.8 Å². The Bertz CT molecular complexity index is 385. The zero-order valence-electron chi connectivity index (χ0n) is 9.60. The van der Waals surface area contributed by atoms with E-state index in [-0.39, 0.29) is 11.9 Å². The van der Waals surface area contributed by atoms with Gasteiger partial charge in [0.25, 0.3) is 0 Å². The lowest BCUT2D eigenvalue weighted by atomic mass is 10.1. The summed E-state index contributed by atoms with van der Waals surface area (Å²) in [6.45, 7) is 5.39. The van der Waals surface area contributed by atoms with Crippen LogP contribution in [0.1, 0.15) is 18.9 Å². The first kappa shape index (κ1) is 10.9. The number of benzene rings is 1. The lowest BCUT2D eigenvalue weighted by molar-refractivity contribution is -0.124. The molecule has 84 valence electrons. The number of carbonyl (C=O) groups is 1. The second kappa shape index (κ2) is 4.52. The predicted octanol–water partition coefficient (Wildman–Crippen LogP) is 2.40. The summed E-state index contributed by atoms with van der Waals surface area (Å²) < 4.78 is 0. The third kappa shape index (κ3) is 2.16. The largest absolute Gasteiger partial charge is 0.329 e. The highest BCUT2D eigenvalue weighted by Crippen LogP contribution is 2.32. The Kier molecular flexibility index (Phi) is 3.09. The Morgan fingerprint density at radius 2 is 2.12 bits per heavy atom. The van der Waals surface area contributed by atoms with Crippen LogP contribution in [0.2, 0.25) is 0 Å². The standard InChI is InChI=1S/C14H17NO/c1-3-13-14(15(13)11(2)16)10-9-12-7-5-4-6-8-12/h3-8,13-14H,1,9-10H2,2H3/t13-,14+,15?/m1/s1. The molecule has 0 N–H and O–H groups in total. The van der Waals surface area contributed by atoms with Gasteiger partial charge in [0.2, 0.25) is 5.91 Å². The average Bonchev–Trinajstić information content (AvgIpc) is 3.01. The maximum atomic E-state index is 11.3. The van der Waals surface area contributed by atoms with Gasteiger partial charge in [-0.05, 0) is 18.4 Å². The fraction of sp³-hybridized carbons (Fsp3) is 0.357. The summed E-state index contributed by atoms with van der Waals surface area (Å²) >= 11 is 0. The van der Waals surface area contributed by atoms with Crippen molar-refractivity contribution in [3.05, 3.63) is 48.6 Å². The van der Waals surface area contributed by atoms with E-state index < -0.39 is 0 Å². The van der Waals surface area contributed by atoms with Crippen molar-refractivity contribution in [1.82, 2.24) is 4.90 Å². The van der Waals surface area contributed by atoms with Crippen LogP contribution in [-0.4, -0.2) is 22.9 Å². The molecule has 2 atom stereocenters.